The van der Waals surface area contributed by atoms with Gasteiger partial charge in [0.05, 0.1) is 23.9 Å². The zero-order valence-corrected chi connectivity index (χ0v) is 21.0. The number of rotatable bonds is 8. The Labute approximate surface area is 211 Å². The standard InChI is InChI=1S/C27H35FN4O4/c1-17-13-32(18(2)16-33)26(34)22-5-4-6-23(30-27(35)29-21-11-9-20(28)10-12-21)25(22)36-24(17)15-31(3)14-19-7-8-19/h4-6,9-12,17-19,24,33H,7-8,13-16H2,1-3H3,(H2,29,30,35)/t17-,18+,24+/m1/s1. The maximum absolute atomic E-state index is 13.5. The lowest BCUT2D eigenvalue weighted by atomic mass is 9.99. The fourth-order valence-corrected chi connectivity index (χ4v) is 4.50. The highest BCUT2D eigenvalue weighted by atomic mass is 19.1. The Bertz CT molecular complexity index is 1080. The lowest BCUT2D eigenvalue weighted by Gasteiger charge is -2.38. The summed E-state index contributed by atoms with van der Waals surface area (Å²) in [5, 5.41) is 15.3. The van der Waals surface area contributed by atoms with Gasteiger partial charge in [0.2, 0.25) is 0 Å². The first kappa shape index (κ1) is 25.9. The Morgan fingerprint density at radius 3 is 2.58 bits per heavy atom. The molecule has 2 aromatic carbocycles. The van der Waals surface area contributed by atoms with Crippen LogP contribution in [0.1, 0.15) is 37.0 Å². The monoisotopic (exact) mass is 498 g/mol. The van der Waals surface area contributed by atoms with Crippen molar-refractivity contribution >= 4 is 23.3 Å². The molecule has 2 aliphatic rings. The number of anilines is 2. The minimum absolute atomic E-state index is 0.0150. The number of urea groups is 1. The molecule has 0 aromatic heterocycles. The van der Waals surface area contributed by atoms with E-state index < -0.39 is 11.8 Å². The number of ether oxygens (including phenoxy) is 1. The van der Waals surface area contributed by atoms with Crippen molar-refractivity contribution in [3.05, 3.63) is 53.8 Å². The van der Waals surface area contributed by atoms with Gasteiger partial charge in [-0.15, -0.1) is 0 Å². The van der Waals surface area contributed by atoms with Gasteiger partial charge in [0.15, 0.2) is 5.75 Å². The normalized spacial score (nSPS) is 20.7. The van der Waals surface area contributed by atoms with E-state index in [2.05, 4.69) is 22.6 Å². The van der Waals surface area contributed by atoms with E-state index in [1.807, 2.05) is 13.8 Å². The molecule has 194 valence electrons. The molecule has 3 N–H and O–H groups in total. The molecule has 1 heterocycles. The molecular weight excluding hydrogens is 463 g/mol. The number of aliphatic hydroxyl groups is 1. The molecule has 2 aromatic rings. The number of hydrogen-bond donors (Lipinski definition) is 3. The van der Waals surface area contributed by atoms with Crippen LogP contribution in [0.4, 0.5) is 20.6 Å². The number of para-hydroxylation sites is 1. The summed E-state index contributed by atoms with van der Waals surface area (Å²) >= 11 is 0. The maximum Gasteiger partial charge on any atom is 0.323 e. The van der Waals surface area contributed by atoms with E-state index in [9.17, 15) is 19.1 Å². The smallest absolute Gasteiger partial charge is 0.323 e. The second kappa shape index (κ2) is 11.3. The third-order valence-corrected chi connectivity index (χ3v) is 6.80. The average molecular weight is 499 g/mol. The number of carbonyl (C=O) groups excluding carboxylic acids is 2. The van der Waals surface area contributed by atoms with E-state index in [0.29, 0.717) is 35.8 Å². The third kappa shape index (κ3) is 6.33. The van der Waals surface area contributed by atoms with Crippen molar-refractivity contribution in [1.82, 2.24) is 9.80 Å². The van der Waals surface area contributed by atoms with Crippen LogP contribution in [0.15, 0.2) is 42.5 Å². The molecule has 3 atom stereocenters. The van der Waals surface area contributed by atoms with E-state index in [1.165, 1.54) is 37.1 Å². The van der Waals surface area contributed by atoms with E-state index in [0.717, 1.165) is 12.5 Å². The van der Waals surface area contributed by atoms with Crippen LogP contribution < -0.4 is 15.4 Å². The van der Waals surface area contributed by atoms with Crippen LogP contribution in [0.3, 0.4) is 0 Å². The molecule has 0 unspecified atom stereocenters. The molecule has 0 bridgehead atoms. The van der Waals surface area contributed by atoms with Crippen molar-refractivity contribution in [3.8, 4) is 5.75 Å². The lowest BCUT2D eigenvalue weighted by Crippen LogP contribution is -2.50. The number of benzene rings is 2. The SMILES string of the molecule is C[C@@H]1CN([C@@H](C)CO)C(=O)c2cccc(NC(=O)Nc3ccc(F)cc3)c2O[C@H]1CN(C)CC1CC1. The highest BCUT2D eigenvalue weighted by Gasteiger charge is 2.35. The lowest BCUT2D eigenvalue weighted by molar-refractivity contribution is 0.0346. The Hall–Kier alpha value is -3.17. The van der Waals surface area contributed by atoms with Gasteiger partial charge in [-0.1, -0.05) is 13.0 Å². The Kier molecular flexibility index (Phi) is 8.11. The number of aliphatic hydroxyl groups excluding tert-OH is 1. The molecule has 9 heteroatoms. The molecule has 0 spiro atoms. The van der Waals surface area contributed by atoms with Crippen molar-refractivity contribution in [1.29, 1.82) is 0 Å². The number of nitrogens with zero attached hydrogens (tertiary/aromatic N) is 2. The Balaban J connectivity index is 1.62. The molecule has 1 aliphatic carbocycles. The fourth-order valence-electron chi connectivity index (χ4n) is 4.50. The summed E-state index contributed by atoms with van der Waals surface area (Å²) in [7, 11) is 2.08. The van der Waals surface area contributed by atoms with Gasteiger partial charge in [-0.05, 0) is 69.1 Å². The first-order chi connectivity index (χ1) is 17.2. The predicted octanol–water partition coefficient (Wildman–Crippen LogP) is 4.03. The first-order valence-electron chi connectivity index (χ1n) is 12.5. The topological polar surface area (TPSA) is 94.1 Å². The highest BCUT2D eigenvalue weighted by molar-refractivity contribution is 6.04. The number of fused-ring (bicyclic) bond motifs is 1. The Morgan fingerprint density at radius 1 is 1.19 bits per heavy atom. The van der Waals surface area contributed by atoms with Gasteiger partial charge in [0.1, 0.15) is 11.9 Å². The second-order valence-electron chi connectivity index (χ2n) is 10.1. The predicted molar refractivity (Wildman–Crippen MR) is 137 cm³/mol. The van der Waals surface area contributed by atoms with Gasteiger partial charge in [-0.25, -0.2) is 9.18 Å². The summed E-state index contributed by atoms with van der Waals surface area (Å²) in [6, 6.07) is 9.60. The van der Waals surface area contributed by atoms with Crippen molar-refractivity contribution in [3.63, 3.8) is 0 Å². The van der Waals surface area contributed by atoms with Gasteiger partial charge < -0.3 is 30.3 Å². The summed E-state index contributed by atoms with van der Waals surface area (Å²) in [6.45, 7) is 5.82. The molecule has 0 saturated heterocycles. The minimum atomic E-state index is -0.538. The van der Waals surface area contributed by atoms with Gasteiger partial charge in [0, 0.05) is 31.2 Å². The van der Waals surface area contributed by atoms with Crippen molar-refractivity contribution in [2.75, 3.05) is 43.9 Å². The zero-order chi connectivity index (χ0) is 25.8. The number of halogens is 1. The highest BCUT2D eigenvalue weighted by Crippen LogP contribution is 2.35. The van der Waals surface area contributed by atoms with Gasteiger partial charge >= 0.3 is 6.03 Å². The van der Waals surface area contributed by atoms with Crippen LogP contribution in [0.2, 0.25) is 0 Å². The molecule has 3 amide bonds. The van der Waals surface area contributed by atoms with Crippen molar-refractivity contribution in [2.45, 2.75) is 38.8 Å². The summed E-state index contributed by atoms with van der Waals surface area (Å²) in [4.78, 5) is 30.2. The Morgan fingerprint density at radius 2 is 1.92 bits per heavy atom. The molecule has 1 saturated carbocycles. The number of amides is 3. The number of carbonyl (C=O) groups is 2. The van der Waals surface area contributed by atoms with Crippen LogP contribution >= 0.6 is 0 Å². The average Bonchev–Trinajstić information content (AvgIpc) is 3.66. The van der Waals surface area contributed by atoms with Crippen LogP contribution in [0, 0.1) is 17.7 Å². The quantitative estimate of drug-likeness (QED) is 0.511. The van der Waals surface area contributed by atoms with Crippen LogP contribution in [0.5, 0.6) is 5.75 Å². The zero-order valence-electron chi connectivity index (χ0n) is 21.0. The summed E-state index contributed by atoms with van der Waals surface area (Å²) in [6.07, 6.45) is 2.26. The summed E-state index contributed by atoms with van der Waals surface area (Å²) in [5.41, 5.74) is 1.12. The van der Waals surface area contributed by atoms with Crippen LogP contribution in [0.25, 0.3) is 0 Å². The van der Waals surface area contributed by atoms with Crippen molar-refractivity contribution in [2.24, 2.45) is 11.8 Å². The summed E-state index contributed by atoms with van der Waals surface area (Å²) < 4.78 is 19.7. The molecule has 8 nitrogen and oxygen atoms in total. The molecule has 1 fully saturated rings. The first-order valence-corrected chi connectivity index (χ1v) is 12.5. The molecule has 0 radical (unpaired) electrons. The number of likely N-dealkylation sites (N-methyl/N-ethyl adjacent to an activating group) is 1. The minimum Gasteiger partial charge on any atom is -0.486 e. The van der Waals surface area contributed by atoms with E-state index in [-0.39, 0.29) is 30.6 Å². The van der Waals surface area contributed by atoms with Crippen LogP contribution in [-0.2, 0) is 0 Å². The van der Waals surface area contributed by atoms with Crippen LogP contribution in [-0.4, -0.2) is 72.3 Å². The van der Waals surface area contributed by atoms with E-state index in [4.69, 9.17) is 4.74 Å². The second-order valence-corrected chi connectivity index (χ2v) is 10.1. The fraction of sp³-hybridized carbons (Fsp3) is 0.481. The van der Waals surface area contributed by atoms with E-state index >= 15 is 0 Å². The molecule has 36 heavy (non-hydrogen) atoms. The van der Waals surface area contributed by atoms with Gasteiger partial charge in [0.25, 0.3) is 5.91 Å². The largest absolute Gasteiger partial charge is 0.486 e. The number of nitrogens with one attached hydrogen (secondary N) is 2. The van der Waals surface area contributed by atoms with E-state index in [1.54, 1.807) is 23.1 Å². The molecule has 4 rings (SSSR count). The molecular formula is C27H35FN4O4. The third-order valence-electron chi connectivity index (χ3n) is 6.80. The molecule has 1 aliphatic heterocycles. The van der Waals surface area contributed by atoms with Gasteiger partial charge in [-0.2, -0.15) is 0 Å². The van der Waals surface area contributed by atoms with Crippen molar-refractivity contribution < 1.29 is 23.8 Å². The maximum atomic E-state index is 13.5. The van der Waals surface area contributed by atoms with Gasteiger partial charge in [-0.3, -0.25) is 4.79 Å². The summed E-state index contributed by atoms with van der Waals surface area (Å²) in [5.74, 6) is 0.365. The number of hydrogen-bond acceptors (Lipinski definition) is 5.